The van der Waals surface area contributed by atoms with Gasteiger partial charge in [0.2, 0.25) is 5.91 Å². The number of allylic oxidation sites excluding steroid dienone is 12. The second-order valence-electron chi connectivity index (χ2n) is 8.31. The van der Waals surface area contributed by atoms with E-state index in [0.29, 0.717) is 19.5 Å². The van der Waals surface area contributed by atoms with Crippen LogP contribution in [0.5, 0.6) is 0 Å². The number of hydrogen-bond donors (Lipinski definition) is 1. The van der Waals surface area contributed by atoms with Gasteiger partial charge in [0.1, 0.15) is 6.10 Å². The lowest BCUT2D eigenvalue weighted by atomic mass is 9.95. The Kier molecular flexibility index (Phi) is 13.6. The summed E-state index contributed by atoms with van der Waals surface area (Å²) in [6.45, 7) is 3.29. The fourth-order valence-electron chi connectivity index (χ4n) is 3.76. The molecular weight excluding hydrogens is 412 g/mol. The maximum absolute atomic E-state index is 12.4. The van der Waals surface area contributed by atoms with E-state index in [2.05, 4.69) is 85.3 Å². The van der Waals surface area contributed by atoms with E-state index in [1.165, 1.54) is 0 Å². The lowest BCUT2D eigenvalue weighted by Crippen LogP contribution is -2.46. The normalized spacial score (nSPS) is 21.6. The summed E-state index contributed by atoms with van der Waals surface area (Å²) in [7, 11) is 0. The molecule has 2 amide bonds. The highest BCUT2D eigenvalue weighted by atomic mass is 16.7. The molecule has 2 fully saturated rings. The standard InChI is InChI=1S/C28H40N2O3/c1-2-3-4-5-6-7-8-9-10-11-12-13-14-15-16-17-18-19-20-21-27(31)30-23-22-26-25(24-30)28(32)29-33-26/h3-4,6-7,9-10,12-13,15-16,18-19,25-26H,2,5,8,11,14,17,20-24H2,1H3,(H,29,32)/b4-3-,7-6-,10-9-,13-12-,16-15-,19-18-. The Morgan fingerprint density at radius 1 is 0.879 bits per heavy atom. The van der Waals surface area contributed by atoms with Gasteiger partial charge in [-0.3, -0.25) is 14.4 Å². The number of nitrogens with zero attached hydrogens (tertiary/aromatic N) is 1. The maximum Gasteiger partial charge on any atom is 0.251 e. The predicted molar refractivity (Wildman–Crippen MR) is 135 cm³/mol. The first-order valence-electron chi connectivity index (χ1n) is 12.4. The zero-order chi connectivity index (χ0) is 23.6. The molecule has 5 nitrogen and oxygen atoms in total. The van der Waals surface area contributed by atoms with Crippen LogP contribution < -0.4 is 5.48 Å². The van der Waals surface area contributed by atoms with Crippen molar-refractivity contribution in [1.29, 1.82) is 0 Å². The molecule has 0 aromatic carbocycles. The van der Waals surface area contributed by atoms with Gasteiger partial charge in [-0.05, 0) is 51.4 Å². The molecule has 2 atom stereocenters. The van der Waals surface area contributed by atoms with Crippen LogP contribution in [0.3, 0.4) is 0 Å². The Morgan fingerprint density at radius 2 is 1.39 bits per heavy atom. The number of fused-ring (bicyclic) bond motifs is 1. The molecule has 0 spiro atoms. The van der Waals surface area contributed by atoms with Gasteiger partial charge < -0.3 is 4.90 Å². The number of carbonyl (C=O) groups is 2. The zero-order valence-corrected chi connectivity index (χ0v) is 20.0. The first-order chi connectivity index (χ1) is 16.2. The number of nitrogens with one attached hydrogen (secondary N) is 1. The second-order valence-corrected chi connectivity index (χ2v) is 8.31. The summed E-state index contributed by atoms with van der Waals surface area (Å²) >= 11 is 0. The number of likely N-dealkylation sites (tertiary alicyclic amines) is 1. The minimum Gasteiger partial charge on any atom is -0.342 e. The minimum atomic E-state index is -0.214. The van der Waals surface area contributed by atoms with Gasteiger partial charge in [-0.1, -0.05) is 79.8 Å². The third kappa shape index (κ3) is 11.2. The van der Waals surface area contributed by atoms with Crippen molar-refractivity contribution in [1.82, 2.24) is 10.4 Å². The van der Waals surface area contributed by atoms with Crippen LogP contribution in [0.1, 0.15) is 64.7 Å². The average molecular weight is 453 g/mol. The Labute approximate surface area is 199 Å². The van der Waals surface area contributed by atoms with Crippen molar-refractivity contribution in [3.63, 3.8) is 0 Å². The molecular formula is C28H40N2O3. The number of rotatable bonds is 14. The Morgan fingerprint density at radius 3 is 1.94 bits per heavy atom. The molecule has 2 saturated heterocycles. The molecule has 0 saturated carbocycles. The van der Waals surface area contributed by atoms with Crippen molar-refractivity contribution in [2.45, 2.75) is 70.8 Å². The van der Waals surface area contributed by atoms with Crippen molar-refractivity contribution in [3.05, 3.63) is 72.9 Å². The second kappa shape index (κ2) is 16.9. The highest BCUT2D eigenvalue weighted by Crippen LogP contribution is 2.24. The highest BCUT2D eigenvalue weighted by molar-refractivity contribution is 5.82. The molecule has 2 heterocycles. The number of amides is 2. The fourth-order valence-corrected chi connectivity index (χ4v) is 3.76. The summed E-state index contributed by atoms with van der Waals surface area (Å²) < 4.78 is 0. The van der Waals surface area contributed by atoms with E-state index >= 15 is 0 Å². The van der Waals surface area contributed by atoms with Gasteiger partial charge in [0.05, 0.1) is 5.92 Å². The van der Waals surface area contributed by atoms with Crippen LogP contribution >= 0.6 is 0 Å². The average Bonchev–Trinajstić information content (AvgIpc) is 3.20. The van der Waals surface area contributed by atoms with Crippen molar-refractivity contribution in [3.8, 4) is 0 Å². The molecule has 0 bridgehead atoms. The SMILES string of the molecule is CC/C=C\C/C=C\C/C=C\C/C=C\C/C=C\C/C=C\CCC(=O)N1CCC2ONC(=O)C2C1. The van der Waals surface area contributed by atoms with Gasteiger partial charge >= 0.3 is 0 Å². The third-order valence-corrected chi connectivity index (χ3v) is 5.67. The molecule has 5 heteroatoms. The van der Waals surface area contributed by atoms with Crippen LogP contribution in [0.4, 0.5) is 0 Å². The molecule has 33 heavy (non-hydrogen) atoms. The molecule has 0 aromatic rings. The number of piperidine rings is 1. The van der Waals surface area contributed by atoms with Crippen molar-refractivity contribution in [2.75, 3.05) is 13.1 Å². The van der Waals surface area contributed by atoms with Crippen LogP contribution in [0.25, 0.3) is 0 Å². The Balaban J connectivity index is 1.46. The Hall–Kier alpha value is -2.66. The van der Waals surface area contributed by atoms with Gasteiger partial charge in [0, 0.05) is 19.5 Å². The molecule has 0 aromatic heterocycles. The minimum absolute atomic E-state index is 0.0788. The summed E-state index contributed by atoms with van der Waals surface area (Å²) in [5.41, 5.74) is 2.42. The number of hydroxylamine groups is 1. The quantitative estimate of drug-likeness (QED) is 0.342. The summed E-state index contributed by atoms with van der Waals surface area (Å²) in [6, 6.07) is 0. The molecule has 2 aliphatic rings. The van der Waals surface area contributed by atoms with Crippen molar-refractivity contribution in [2.24, 2.45) is 5.92 Å². The van der Waals surface area contributed by atoms with Crippen LogP contribution in [0, 0.1) is 5.92 Å². The molecule has 2 rings (SSSR count). The largest absolute Gasteiger partial charge is 0.342 e. The lowest BCUT2D eigenvalue weighted by molar-refractivity contribution is -0.135. The number of hydrogen-bond acceptors (Lipinski definition) is 3. The zero-order valence-electron chi connectivity index (χ0n) is 20.0. The first kappa shape index (κ1) is 26.6. The van der Waals surface area contributed by atoms with E-state index in [1.54, 1.807) is 4.90 Å². The van der Waals surface area contributed by atoms with E-state index in [-0.39, 0.29) is 23.8 Å². The van der Waals surface area contributed by atoms with Crippen LogP contribution in [0.2, 0.25) is 0 Å². The van der Waals surface area contributed by atoms with Crippen LogP contribution in [-0.4, -0.2) is 35.9 Å². The van der Waals surface area contributed by atoms with Gasteiger partial charge in [0.15, 0.2) is 0 Å². The molecule has 1 N–H and O–H groups in total. The van der Waals surface area contributed by atoms with Gasteiger partial charge in [-0.2, -0.15) is 0 Å². The monoisotopic (exact) mass is 452 g/mol. The predicted octanol–water partition coefficient (Wildman–Crippen LogP) is 5.74. The van der Waals surface area contributed by atoms with Gasteiger partial charge in [0.25, 0.3) is 5.91 Å². The Bertz CT molecular complexity index is 761. The van der Waals surface area contributed by atoms with Gasteiger partial charge in [-0.25, -0.2) is 5.48 Å². The summed E-state index contributed by atoms with van der Waals surface area (Å²) in [4.78, 5) is 31.1. The maximum atomic E-state index is 12.4. The molecule has 2 unspecified atom stereocenters. The van der Waals surface area contributed by atoms with E-state index in [4.69, 9.17) is 4.84 Å². The first-order valence-corrected chi connectivity index (χ1v) is 12.4. The summed E-state index contributed by atoms with van der Waals surface area (Å²) in [6.07, 6.45) is 33.9. The van der Waals surface area contributed by atoms with Crippen LogP contribution in [0.15, 0.2) is 72.9 Å². The van der Waals surface area contributed by atoms with Gasteiger partial charge in [-0.15, -0.1) is 0 Å². The third-order valence-electron chi connectivity index (χ3n) is 5.67. The van der Waals surface area contributed by atoms with E-state index in [9.17, 15) is 9.59 Å². The molecule has 0 radical (unpaired) electrons. The fraction of sp³-hybridized carbons (Fsp3) is 0.500. The van der Waals surface area contributed by atoms with Crippen molar-refractivity contribution >= 4 is 11.8 Å². The molecule has 180 valence electrons. The molecule has 0 aliphatic carbocycles. The topological polar surface area (TPSA) is 58.6 Å². The van der Waals surface area contributed by atoms with E-state index in [1.807, 2.05) is 0 Å². The summed E-state index contributed by atoms with van der Waals surface area (Å²) in [5, 5.41) is 0. The number of carbonyl (C=O) groups excluding carboxylic acids is 2. The van der Waals surface area contributed by atoms with E-state index < -0.39 is 0 Å². The summed E-state index contributed by atoms with van der Waals surface area (Å²) in [5.74, 6) is -0.198. The van der Waals surface area contributed by atoms with Crippen LogP contribution in [-0.2, 0) is 14.4 Å². The van der Waals surface area contributed by atoms with E-state index in [0.717, 1.165) is 51.4 Å². The smallest absolute Gasteiger partial charge is 0.251 e. The highest BCUT2D eigenvalue weighted by Gasteiger charge is 2.41. The molecule has 2 aliphatic heterocycles. The van der Waals surface area contributed by atoms with Crippen molar-refractivity contribution < 1.29 is 14.4 Å². The lowest BCUT2D eigenvalue weighted by Gasteiger charge is -2.32.